The summed E-state index contributed by atoms with van der Waals surface area (Å²) in [5.41, 5.74) is 3.20. The fraction of sp³-hybridized carbons (Fsp3) is 0.619. The van der Waals surface area contributed by atoms with Crippen molar-refractivity contribution in [1.82, 2.24) is 0 Å². The first-order valence-corrected chi connectivity index (χ1v) is 16.5. The molecule has 26 heavy (non-hydrogen) atoms. The van der Waals surface area contributed by atoms with Crippen molar-refractivity contribution in [3.63, 3.8) is 0 Å². The highest BCUT2D eigenvalue weighted by Gasteiger charge is 2.37. The van der Waals surface area contributed by atoms with Crippen molar-refractivity contribution < 1.29 is 14.6 Å². The highest BCUT2D eigenvalue weighted by Crippen LogP contribution is 2.33. The van der Waals surface area contributed by atoms with Gasteiger partial charge in [0, 0.05) is 5.41 Å². The van der Waals surface area contributed by atoms with Gasteiger partial charge in [0.05, 0.1) is 42.6 Å². The van der Waals surface area contributed by atoms with Gasteiger partial charge in [0.25, 0.3) is 0 Å². The van der Waals surface area contributed by atoms with E-state index in [0.717, 1.165) is 11.3 Å². The van der Waals surface area contributed by atoms with Crippen LogP contribution in [-0.4, -0.2) is 41.1 Å². The Morgan fingerprint density at radius 1 is 1.08 bits per heavy atom. The molecule has 0 fully saturated rings. The zero-order chi connectivity index (χ0) is 20.2. The van der Waals surface area contributed by atoms with E-state index in [9.17, 15) is 5.11 Å². The lowest BCUT2D eigenvalue weighted by Gasteiger charge is -2.38. The first-order valence-electron chi connectivity index (χ1n) is 9.38. The fourth-order valence-corrected chi connectivity index (χ4v) is 8.16. The summed E-state index contributed by atoms with van der Waals surface area (Å²) in [4.78, 5) is 0. The Balaban J connectivity index is 2.81. The smallest absolute Gasteiger partial charge is 0.118 e. The second-order valence-corrected chi connectivity index (χ2v) is 20.0. The van der Waals surface area contributed by atoms with Crippen LogP contribution in [0.15, 0.2) is 35.2 Å². The minimum absolute atomic E-state index is 0.321. The molecule has 0 aliphatic heterocycles. The van der Waals surface area contributed by atoms with Gasteiger partial charge in [-0.05, 0) is 17.7 Å². The van der Waals surface area contributed by atoms with Crippen molar-refractivity contribution in [2.24, 2.45) is 5.41 Å². The van der Waals surface area contributed by atoms with E-state index in [1.54, 1.807) is 7.11 Å². The van der Waals surface area contributed by atoms with Gasteiger partial charge in [-0.3, -0.25) is 0 Å². The summed E-state index contributed by atoms with van der Waals surface area (Å²) < 4.78 is 11.2. The van der Waals surface area contributed by atoms with E-state index in [4.69, 9.17) is 9.47 Å². The molecule has 0 aliphatic carbocycles. The third-order valence-corrected chi connectivity index (χ3v) is 8.01. The molecule has 0 amide bonds. The number of benzene rings is 1. The highest BCUT2D eigenvalue weighted by molar-refractivity contribution is 6.88. The Bertz CT molecular complexity index is 593. The largest absolute Gasteiger partial charge is 0.497 e. The standard InChI is InChI=1S/C21H38O3Si2/c1-21(2,16-24-14-17-10-12-18(23-3)13-11-17)20(22)19(26(7,8)9)15-25(4,5)6/h10-13,15,20,22H,14,16H2,1-9H3/b19-15-. The topological polar surface area (TPSA) is 38.7 Å². The molecule has 0 saturated heterocycles. The summed E-state index contributed by atoms with van der Waals surface area (Å²) in [7, 11) is -1.35. The zero-order valence-corrected chi connectivity index (χ0v) is 20.1. The Kier molecular flexibility index (Phi) is 7.90. The molecule has 1 rings (SSSR count). The molecule has 5 heteroatoms. The van der Waals surface area contributed by atoms with Crippen molar-refractivity contribution in [1.29, 1.82) is 0 Å². The average molecular weight is 395 g/mol. The molecule has 1 atom stereocenters. The number of hydrogen-bond acceptors (Lipinski definition) is 3. The summed E-state index contributed by atoms with van der Waals surface area (Å²) in [5, 5.41) is 12.5. The first kappa shape index (κ1) is 23.2. The van der Waals surface area contributed by atoms with E-state index in [0.29, 0.717) is 13.2 Å². The van der Waals surface area contributed by atoms with E-state index in [1.165, 1.54) is 5.20 Å². The lowest BCUT2D eigenvalue weighted by atomic mass is 9.87. The van der Waals surface area contributed by atoms with Crippen molar-refractivity contribution in [2.45, 2.75) is 65.8 Å². The molecular formula is C21H38O3Si2. The molecule has 0 spiro atoms. The summed E-state index contributed by atoms with van der Waals surface area (Å²) in [6, 6.07) is 7.92. The number of hydrogen-bond donors (Lipinski definition) is 1. The predicted octanol–water partition coefficient (Wildman–Crippen LogP) is 5.28. The number of methoxy groups -OCH3 is 1. The van der Waals surface area contributed by atoms with Crippen molar-refractivity contribution in [2.75, 3.05) is 13.7 Å². The average Bonchev–Trinajstić information content (AvgIpc) is 2.50. The maximum atomic E-state index is 11.2. The Morgan fingerprint density at radius 2 is 1.62 bits per heavy atom. The van der Waals surface area contributed by atoms with Crippen LogP contribution < -0.4 is 4.74 Å². The van der Waals surface area contributed by atoms with Gasteiger partial charge in [-0.15, -0.1) is 0 Å². The van der Waals surface area contributed by atoms with Crippen molar-refractivity contribution in [3.8, 4) is 5.75 Å². The third-order valence-electron chi connectivity index (χ3n) is 4.39. The molecule has 0 aliphatic rings. The van der Waals surface area contributed by atoms with E-state index in [2.05, 4.69) is 58.8 Å². The van der Waals surface area contributed by atoms with Crippen LogP contribution in [0.1, 0.15) is 19.4 Å². The van der Waals surface area contributed by atoms with Gasteiger partial charge in [-0.25, -0.2) is 0 Å². The summed E-state index contributed by atoms with van der Waals surface area (Å²) in [6.45, 7) is 19.2. The second kappa shape index (κ2) is 8.87. The molecule has 1 N–H and O–H groups in total. The highest BCUT2D eigenvalue weighted by atomic mass is 28.3. The maximum Gasteiger partial charge on any atom is 0.118 e. The SMILES string of the molecule is COc1ccc(COCC(C)(C)C(O)/C(=C/[Si](C)(C)C)[Si](C)(C)C)cc1. The third kappa shape index (κ3) is 7.39. The quantitative estimate of drug-likeness (QED) is 0.579. The molecule has 1 aromatic rings. The van der Waals surface area contributed by atoms with Gasteiger partial charge in [0.15, 0.2) is 0 Å². The van der Waals surface area contributed by atoms with Crippen LogP contribution in [0.4, 0.5) is 0 Å². The van der Waals surface area contributed by atoms with Crippen LogP contribution in [0.2, 0.25) is 39.3 Å². The second-order valence-electron chi connectivity index (χ2n) is 9.95. The fourth-order valence-electron chi connectivity index (χ4n) is 2.83. The summed E-state index contributed by atoms with van der Waals surface area (Å²) in [6.07, 6.45) is -0.461. The summed E-state index contributed by atoms with van der Waals surface area (Å²) >= 11 is 0. The van der Waals surface area contributed by atoms with E-state index < -0.39 is 22.3 Å². The van der Waals surface area contributed by atoms with Crippen molar-refractivity contribution >= 4 is 16.1 Å². The number of rotatable bonds is 9. The predicted molar refractivity (Wildman–Crippen MR) is 117 cm³/mol. The minimum Gasteiger partial charge on any atom is -0.497 e. The van der Waals surface area contributed by atoms with Crippen LogP contribution in [0, 0.1) is 5.41 Å². The minimum atomic E-state index is -1.61. The van der Waals surface area contributed by atoms with Crippen LogP contribution in [-0.2, 0) is 11.3 Å². The Morgan fingerprint density at radius 3 is 2.04 bits per heavy atom. The lowest BCUT2D eigenvalue weighted by molar-refractivity contribution is -0.0109. The molecule has 0 radical (unpaired) electrons. The molecule has 1 unspecified atom stereocenters. The van der Waals surface area contributed by atoms with Gasteiger partial charge >= 0.3 is 0 Å². The van der Waals surface area contributed by atoms with Crippen LogP contribution in [0.5, 0.6) is 5.75 Å². The van der Waals surface area contributed by atoms with Gasteiger partial charge in [-0.1, -0.05) is 76.2 Å². The molecule has 3 nitrogen and oxygen atoms in total. The van der Waals surface area contributed by atoms with E-state index in [1.807, 2.05) is 24.3 Å². The van der Waals surface area contributed by atoms with E-state index in [-0.39, 0.29) is 5.41 Å². The molecule has 0 bridgehead atoms. The van der Waals surface area contributed by atoms with Gasteiger partial charge in [-0.2, -0.15) is 0 Å². The number of aliphatic hydroxyl groups excluding tert-OH is 1. The lowest BCUT2D eigenvalue weighted by Crippen LogP contribution is -2.44. The van der Waals surface area contributed by atoms with Gasteiger partial charge in [0.2, 0.25) is 0 Å². The Labute approximate surface area is 162 Å². The molecule has 0 heterocycles. The molecule has 148 valence electrons. The van der Waals surface area contributed by atoms with Crippen LogP contribution in [0.25, 0.3) is 0 Å². The van der Waals surface area contributed by atoms with Gasteiger partial charge < -0.3 is 14.6 Å². The summed E-state index contributed by atoms with van der Waals surface area (Å²) in [5.74, 6) is 0.848. The molecular weight excluding hydrogens is 356 g/mol. The molecule has 1 aromatic carbocycles. The van der Waals surface area contributed by atoms with E-state index >= 15 is 0 Å². The number of aliphatic hydroxyl groups is 1. The Hall–Kier alpha value is -0.886. The van der Waals surface area contributed by atoms with Crippen LogP contribution in [0.3, 0.4) is 0 Å². The molecule has 0 saturated carbocycles. The van der Waals surface area contributed by atoms with Crippen molar-refractivity contribution in [3.05, 3.63) is 40.7 Å². The van der Waals surface area contributed by atoms with Crippen LogP contribution >= 0.6 is 0 Å². The molecule has 0 aromatic heterocycles. The monoisotopic (exact) mass is 394 g/mol. The normalized spacial score (nSPS) is 15.1. The zero-order valence-electron chi connectivity index (χ0n) is 18.1. The van der Waals surface area contributed by atoms with Gasteiger partial charge in [0.1, 0.15) is 5.75 Å². The number of ether oxygens (including phenoxy) is 2. The first-order chi connectivity index (χ1) is 11.8. The maximum absolute atomic E-state index is 11.2.